The molecule has 0 spiro atoms. The van der Waals surface area contributed by atoms with Crippen LogP contribution in [0.5, 0.6) is 0 Å². The highest BCUT2D eigenvalue weighted by Gasteiger charge is 2.27. The second kappa shape index (κ2) is 7.45. The molecule has 4 amide bonds. The normalized spacial score (nSPS) is 22.3. The highest BCUT2D eigenvalue weighted by molar-refractivity contribution is 5.75. The van der Waals surface area contributed by atoms with Crippen molar-refractivity contribution in [3.63, 3.8) is 0 Å². The van der Waals surface area contributed by atoms with Crippen molar-refractivity contribution in [1.82, 2.24) is 16.0 Å². The maximum atomic E-state index is 11.5. The van der Waals surface area contributed by atoms with E-state index in [0.717, 1.165) is 12.8 Å². The fourth-order valence-corrected chi connectivity index (χ4v) is 2.14. The number of amides is 4. The SMILES string of the molecule is NC(=O)NCCNC(=O)NC1CCCC(C(=O)O)C1. The van der Waals surface area contributed by atoms with E-state index in [1.165, 1.54) is 0 Å². The van der Waals surface area contributed by atoms with Crippen LogP contribution >= 0.6 is 0 Å². The Bertz CT molecular complexity index is 348. The van der Waals surface area contributed by atoms with Gasteiger partial charge in [-0.15, -0.1) is 0 Å². The van der Waals surface area contributed by atoms with Crippen LogP contribution in [0, 0.1) is 5.92 Å². The molecule has 0 saturated heterocycles. The predicted octanol–water partition coefficient (Wildman–Crippen LogP) is -0.403. The fourth-order valence-electron chi connectivity index (χ4n) is 2.14. The number of hydrogen-bond donors (Lipinski definition) is 5. The van der Waals surface area contributed by atoms with E-state index in [0.29, 0.717) is 12.8 Å². The Labute approximate surface area is 111 Å². The first-order valence-electron chi connectivity index (χ1n) is 6.29. The van der Waals surface area contributed by atoms with Crippen molar-refractivity contribution in [2.75, 3.05) is 13.1 Å². The van der Waals surface area contributed by atoms with E-state index in [4.69, 9.17) is 10.8 Å². The number of aliphatic carboxylic acids is 1. The first kappa shape index (κ1) is 15.1. The molecule has 1 saturated carbocycles. The van der Waals surface area contributed by atoms with Crippen LogP contribution in [0.4, 0.5) is 9.59 Å². The van der Waals surface area contributed by atoms with Gasteiger partial charge in [0.2, 0.25) is 0 Å². The Balaban J connectivity index is 2.20. The molecule has 2 atom stereocenters. The summed E-state index contributed by atoms with van der Waals surface area (Å²) in [5.41, 5.74) is 4.87. The molecule has 2 unspecified atom stereocenters. The molecule has 19 heavy (non-hydrogen) atoms. The molecule has 0 aliphatic heterocycles. The Morgan fingerprint density at radius 1 is 1.16 bits per heavy atom. The minimum atomic E-state index is -0.808. The molecule has 8 heteroatoms. The molecule has 1 rings (SSSR count). The standard InChI is InChI=1S/C11H20N4O4/c12-10(18)13-4-5-14-11(19)15-8-3-1-2-7(6-8)9(16)17/h7-8H,1-6H2,(H,16,17)(H3,12,13,18)(H2,14,15,19). The fraction of sp³-hybridized carbons (Fsp3) is 0.727. The second-order valence-electron chi connectivity index (χ2n) is 4.59. The van der Waals surface area contributed by atoms with Crippen LogP contribution in [0.3, 0.4) is 0 Å². The molecule has 0 aromatic carbocycles. The van der Waals surface area contributed by atoms with Crippen LogP contribution in [0.25, 0.3) is 0 Å². The smallest absolute Gasteiger partial charge is 0.315 e. The van der Waals surface area contributed by atoms with Crippen molar-refractivity contribution in [3.05, 3.63) is 0 Å². The zero-order valence-corrected chi connectivity index (χ0v) is 10.6. The third-order valence-electron chi connectivity index (χ3n) is 3.07. The summed E-state index contributed by atoms with van der Waals surface area (Å²) in [5, 5.41) is 16.6. The minimum Gasteiger partial charge on any atom is -0.481 e. The lowest BCUT2D eigenvalue weighted by Crippen LogP contribution is -2.46. The van der Waals surface area contributed by atoms with Crippen LogP contribution in [0.15, 0.2) is 0 Å². The number of carboxylic acid groups (broad SMARTS) is 1. The van der Waals surface area contributed by atoms with Crippen molar-refractivity contribution < 1.29 is 19.5 Å². The number of carboxylic acids is 1. The molecule has 1 fully saturated rings. The van der Waals surface area contributed by atoms with Crippen molar-refractivity contribution >= 4 is 18.0 Å². The third kappa shape index (κ3) is 5.94. The number of carbonyl (C=O) groups excluding carboxylic acids is 2. The number of hydrogen-bond acceptors (Lipinski definition) is 3. The molecular formula is C11H20N4O4. The Morgan fingerprint density at radius 2 is 1.84 bits per heavy atom. The highest BCUT2D eigenvalue weighted by atomic mass is 16.4. The summed E-state index contributed by atoms with van der Waals surface area (Å²) in [4.78, 5) is 32.8. The van der Waals surface area contributed by atoms with E-state index in [9.17, 15) is 14.4 Å². The van der Waals surface area contributed by atoms with Crippen LogP contribution in [0.1, 0.15) is 25.7 Å². The molecule has 1 aliphatic carbocycles. The zero-order valence-electron chi connectivity index (χ0n) is 10.6. The third-order valence-corrected chi connectivity index (χ3v) is 3.07. The van der Waals surface area contributed by atoms with E-state index in [2.05, 4.69) is 16.0 Å². The van der Waals surface area contributed by atoms with Gasteiger partial charge in [0.1, 0.15) is 0 Å². The Kier molecular flexibility index (Phi) is 5.91. The summed E-state index contributed by atoms with van der Waals surface area (Å²) in [6, 6.07) is -1.11. The van der Waals surface area contributed by atoms with Gasteiger partial charge in [0.25, 0.3) is 0 Å². The number of primary amides is 1. The van der Waals surface area contributed by atoms with Crippen LogP contribution in [-0.4, -0.2) is 42.3 Å². The highest BCUT2D eigenvalue weighted by Crippen LogP contribution is 2.24. The van der Waals surface area contributed by atoms with Gasteiger partial charge in [-0.05, 0) is 19.3 Å². The number of nitrogens with two attached hydrogens (primary N) is 1. The van der Waals surface area contributed by atoms with Gasteiger partial charge < -0.3 is 26.8 Å². The summed E-state index contributed by atoms with van der Waals surface area (Å²) in [7, 11) is 0. The molecule has 0 aromatic heterocycles. The summed E-state index contributed by atoms with van der Waals surface area (Å²) < 4.78 is 0. The topological polar surface area (TPSA) is 134 Å². The number of rotatable bonds is 5. The van der Waals surface area contributed by atoms with Gasteiger partial charge in [0.15, 0.2) is 0 Å². The molecule has 8 nitrogen and oxygen atoms in total. The largest absolute Gasteiger partial charge is 0.481 e. The predicted molar refractivity (Wildman–Crippen MR) is 67.5 cm³/mol. The van der Waals surface area contributed by atoms with Crippen LogP contribution in [0.2, 0.25) is 0 Å². The molecular weight excluding hydrogens is 252 g/mol. The average molecular weight is 272 g/mol. The summed E-state index contributed by atoms with van der Waals surface area (Å²) >= 11 is 0. The molecule has 6 N–H and O–H groups in total. The van der Waals surface area contributed by atoms with Crippen molar-refractivity contribution in [2.24, 2.45) is 11.7 Å². The van der Waals surface area contributed by atoms with Gasteiger partial charge >= 0.3 is 18.0 Å². The van der Waals surface area contributed by atoms with Gasteiger partial charge in [-0.2, -0.15) is 0 Å². The lowest BCUT2D eigenvalue weighted by molar-refractivity contribution is -0.143. The summed E-state index contributed by atoms with van der Waals surface area (Å²) in [6.07, 6.45) is 2.71. The monoisotopic (exact) mass is 272 g/mol. The molecule has 1 aliphatic rings. The Hall–Kier alpha value is -1.99. The molecule has 108 valence electrons. The molecule has 0 radical (unpaired) electrons. The van der Waals surface area contributed by atoms with Gasteiger partial charge in [0.05, 0.1) is 5.92 Å². The van der Waals surface area contributed by atoms with Crippen molar-refractivity contribution in [3.8, 4) is 0 Å². The number of carbonyl (C=O) groups is 3. The van der Waals surface area contributed by atoms with E-state index < -0.39 is 12.0 Å². The quantitative estimate of drug-likeness (QED) is 0.435. The zero-order chi connectivity index (χ0) is 14.3. The van der Waals surface area contributed by atoms with E-state index in [1.54, 1.807) is 0 Å². The number of nitrogens with one attached hydrogen (secondary N) is 3. The average Bonchev–Trinajstić information content (AvgIpc) is 2.34. The maximum Gasteiger partial charge on any atom is 0.315 e. The first-order chi connectivity index (χ1) is 8.99. The van der Waals surface area contributed by atoms with E-state index >= 15 is 0 Å². The Morgan fingerprint density at radius 3 is 2.47 bits per heavy atom. The molecule has 0 aromatic rings. The van der Waals surface area contributed by atoms with Crippen molar-refractivity contribution in [2.45, 2.75) is 31.7 Å². The van der Waals surface area contributed by atoms with Gasteiger partial charge in [0, 0.05) is 19.1 Å². The van der Waals surface area contributed by atoms with Gasteiger partial charge in [-0.1, -0.05) is 6.42 Å². The summed E-state index contributed by atoms with van der Waals surface area (Å²) in [6.45, 7) is 0.523. The molecule has 0 bridgehead atoms. The lowest BCUT2D eigenvalue weighted by Gasteiger charge is -2.27. The van der Waals surface area contributed by atoms with Crippen molar-refractivity contribution in [1.29, 1.82) is 0 Å². The van der Waals surface area contributed by atoms with E-state index in [-0.39, 0.29) is 31.1 Å². The van der Waals surface area contributed by atoms with Gasteiger partial charge in [-0.3, -0.25) is 4.79 Å². The van der Waals surface area contributed by atoms with Crippen LogP contribution < -0.4 is 21.7 Å². The van der Waals surface area contributed by atoms with Gasteiger partial charge in [-0.25, -0.2) is 9.59 Å². The maximum absolute atomic E-state index is 11.5. The second-order valence-corrected chi connectivity index (χ2v) is 4.59. The lowest BCUT2D eigenvalue weighted by atomic mass is 9.86. The minimum absolute atomic E-state index is 0.112. The summed E-state index contributed by atoms with van der Waals surface area (Å²) in [5.74, 6) is -1.19. The van der Waals surface area contributed by atoms with E-state index in [1.807, 2.05) is 0 Å². The first-order valence-corrected chi connectivity index (χ1v) is 6.29. The number of urea groups is 2. The molecule has 0 heterocycles. The van der Waals surface area contributed by atoms with Crippen LogP contribution in [-0.2, 0) is 4.79 Å².